The van der Waals surface area contributed by atoms with Crippen molar-refractivity contribution in [2.45, 2.75) is 38.8 Å². The number of β-amino-alcohol motifs (C(OH)–C–C–N with tert-alkyl or cyclic N) is 1. The highest BCUT2D eigenvalue weighted by Gasteiger charge is 2.26. The third kappa shape index (κ3) is 4.37. The SMILES string of the molecule is CCOCC(O)CN1CCC(C)CC1CN. The molecule has 0 spiro atoms. The van der Waals surface area contributed by atoms with Gasteiger partial charge in [0.2, 0.25) is 0 Å². The van der Waals surface area contributed by atoms with E-state index in [4.69, 9.17) is 10.5 Å². The molecule has 16 heavy (non-hydrogen) atoms. The Balaban J connectivity index is 2.33. The Morgan fingerprint density at radius 3 is 2.94 bits per heavy atom. The Kier molecular flexibility index (Phi) is 6.28. The van der Waals surface area contributed by atoms with Gasteiger partial charge < -0.3 is 15.6 Å². The maximum absolute atomic E-state index is 9.80. The lowest BCUT2D eigenvalue weighted by Gasteiger charge is -2.38. The van der Waals surface area contributed by atoms with Crippen LogP contribution in [0.25, 0.3) is 0 Å². The maximum atomic E-state index is 9.80. The number of aliphatic hydroxyl groups is 1. The van der Waals surface area contributed by atoms with Crippen LogP contribution in [0.5, 0.6) is 0 Å². The fourth-order valence-electron chi connectivity index (χ4n) is 2.36. The topological polar surface area (TPSA) is 58.7 Å². The molecule has 1 aliphatic rings. The van der Waals surface area contributed by atoms with Crippen LogP contribution >= 0.6 is 0 Å². The van der Waals surface area contributed by atoms with Crippen LogP contribution in [0.15, 0.2) is 0 Å². The Morgan fingerprint density at radius 1 is 1.56 bits per heavy atom. The molecule has 0 saturated carbocycles. The summed E-state index contributed by atoms with van der Waals surface area (Å²) in [6.07, 6.45) is 1.97. The number of rotatable bonds is 6. The molecule has 1 heterocycles. The molecular formula is C12H26N2O2. The summed E-state index contributed by atoms with van der Waals surface area (Å²) in [5, 5.41) is 9.80. The van der Waals surface area contributed by atoms with E-state index in [1.807, 2.05) is 6.92 Å². The van der Waals surface area contributed by atoms with E-state index >= 15 is 0 Å². The normalized spacial score (nSPS) is 29.2. The molecule has 0 aromatic heterocycles. The lowest BCUT2D eigenvalue weighted by molar-refractivity contribution is 0.00206. The number of nitrogens with two attached hydrogens (primary N) is 1. The number of hydrogen-bond acceptors (Lipinski definition) is 4. The molecule has 0 aliphatic carbocycles. The Hall–Kier alpha value is -0.160. The molecule has 1 saturated heterocycles. The first-order chi connectivity index (χ1) is 7.67. The highest BCUT2D eigenvalue weighted by Crippen LogP contribution is 2.21. The lowest BCUT2D eigenvalue weighted by Crippen LogP contribution is -2.49. The van der Waals surface area contributed by atoms with Crippen molar-refractivity contribution in [3.63, 3.8) is 0 Å². The molecule has 0 amide bonds. The lowest BCUT2D eigenvalue weighted by atomic mass is 9.92. The molecular weight excluding hydrogens is 204 g/mol. The van der Waals surface area contributed by atoms with Crippen LogP contribution in [0.1, 0.15) is 26.7 Å². The van der Waals surface area contributed by atoms with Crippen LogP contribution in [0.4, 0.5) is 0 Å². The standard InChI is InChI=1S/C12H26N2O2/c1-3-16-9-12(15)8-14-5-4-10(2)6-11(14)7-13/h10-12,15H,3-9,13H2,1-2H3. The third-order valence-electron chi connectivity index (χ3n) is 3.33. The van der Waals surface area contributed by atoms with Gasteiger partial charge in [-0.05, 0) is 32.2 Å². The highest BCUT2D eigenvalue weighted by atomic mass is 16.5. The van der Waals surface area contributed by atoms with Crippen molar-refractivity contribution in [3.05, 3.63) is 0 Å². The summed E-state index contributed by atoms with van der Waals surface area (Å²) in [4.78, 5) is 2.31. The molecule has 0 bridgehead atoms. The van der Waals surface area contributed by atoms with Crippen molar-refractivity contribution in [1.29, 1.82) is 0 Å². The molecule has 3 unspecified atom stereocenters. The quantitative estimate of drug-likeness (QED) is 0.695. The van der Waals surface area contributed by atoms with Crippen LogP contribution < -0.4 is 5.73 Å². The number of piperidine rings is 1. The first-order valence-corrected chi connectivity index (χ1v) is 6.37. The average molecular weight is 230 g/mol. The molecule has 3 N–H and O–H groups in total. The van der Waals surface area contributed by atoms with Crippen molar-refractivity contribution in [2.24, 2.45) is 11.7 Å². The largest absolute Gasteiger partial charge is 0.389 e. The van der Waals surface area contributed by atoms with E-state index in [1.54, 1.807) is 0 Å². The average Bonchev–Trinajstić information content (AvgIpc) is 2.28. The van der Waals surface area contributed by atoms with E-state index in [9.17, 15) is 5.11 Å². The number of hydrogen-bond donors (Lipinski definition) is 2. The van der Waals surface area contributed by atoms with Crippen LogP contribution in [-0.4, -0.2) is 55.0 Å². The van der Waals surface area contributed by atoms with Gasteiger partial charge in [0.25, 0.3) is 0 Å². The van der Waals surface area contributed by atoms with Gasteiger partial charge in [-0.25, -0.2) is 0 Å². The van der Waals surface area contributed by atoms with Crippen LogP contribution in [0, 0.1) is 5.92 Å². The molecule has 4 nitrogen and oxygen atoms in total. The van der Waals surface area contributed by atoms with Gasteiger partial charge in [-0.3, -0.25) is 4.90 Å². The molecule has 1 fully saturated rings. The van der Waals surface area contributed by atoms with Crippen molar-refractivity contribution in [2.75, 3.05) is 32.8 Å². The van der Waals surface area contributed by atoms with Gasteiger partial charge >= 0.3 is 0 Å². The zero-order valence-corrected chi connectivity index (χ0v) is 10.6. The van der Waals surface area contributed by atoms with Crippen LogP contribution in [0.3, 0.4) is 0 Å². The number of ether oxygens (including phenoxy) is 1. The van der Waals surface area contributed by atoms with Crippen molar-refractivity contribution in [3.8, 4) is 0 Å². The minimum atomic E-state index is -0.387. The second-order valence-electron chi connectivity index (χ2n) is 4.83. The van der Waals surface area contributed by atoms with Gasteiger partial charge in [0.05, 0.1) is 12.7 Å². The predicted octanol–water partition coefficient (Wildman–Crippen LogP) is 0.443. The highest BCUT2D eigenvalue weighted by molar-refractivity contribution is 4.82. The van der Waals surface area contributed by atoms with E-state index in [0.29, 0.717) is 32.3 Å². The molecule has 0 radical (unpaired) electrons. The summed E-state index contributed by atoms with van der Waals surface area (Å²) in [5.74, 6) is 0.758. The Bertz CT molecular complexity index is 190. The minimum Gasteiger partial charge on any atom is -0.389 e. The molecule has 0 aromatic rings. The third-order valence-corrected chi connectivity index (χ3v) is 3.33. The van der Waals surface area contributed by atoms with E-state index in [2.05, 4.69) is 11.8 Å². The van der Waals surface area contributed by atoms with E-state index in [-0.39, 0.29) is 6.10 Å². The molecule has 1 aliphatic heterocycles. The fraction of sp³-hybridized carbons (Fsp3) is 1.00. The maximum Gasteiger partial charge on any atom is 0.0900 e. The zero-order valence-electron chi connectivity index (χ0n) is 10.6. The van der Waals surface area contributed by atoms with Gasteiger partial charge in [0.1, 0.15) is 0 Å². The van der Waals surface area contributed by atoms with Gasteiger partial charge in [0.15, 0.2) is 0 Å². The molecule has 0 aromatic carbocycles. The first kappa shape index (κ1) is 13.9. The van der Waals surface area contributed by atoms with E-state index in [1.165, 1.54) is 6.42 Å². The second kappa shape index (κ2) is 7.22. The summed E-state index contributed by atoms with van der Waals surface area (Å²) in [6.45, 7) is 7.73. The molecule has 96 valence electrons. The van der Waals surface area contributed by atoms with Crippen molar-refractivity contribution in [1.82, 2.24) is 4.90 Å². The van der Waals surface area contributed by atoms with Gasteiger partial charge in [-0.15, -0.1) is 0 Å². The minimum absolute atomic E-state index is 0.387. The summed E-state index contributed by atoms with van der Waals surface area (Å²) < 4.78 is 5.22. The number of nitrogens with zero attached hydrogens (tertiary/aromatic N) is 1. The number of likely N-dealkylation sites (tertiary alicyclic amines) is 1. The van der Waals surface area contributed by atoms with Crippen molar-refractivity contribution >= 4 is 0 Å². The van der Waals surface area contributed by atoms with E-state index < -0.39 is 0 Å². The fourth-order valence-corrected chi connectivity index (χ4v) is 2.36. The van der Waals surface area contributed by atoms with E-state index in [0.717, 1.165) is 18.9 Å². The second-order valence-corrected chi connectivity index (χ2v) is 4.83. The monoisotopic (exact) mass is 230 g/mol. The van der Waals surface area contributed by atoms with Gasteiger partial charge in [-0.2, -0.15) is 0 Å². The summed E-state index contributed by atoms with van der Waals surface area (Å²) in [6, 6.07) is 0.431. The smallest absolute Gasteiger partial charge is 0.0900 e. The number of aliphatic hydroxyl groups excluding tert-OH is 1. The first-order valence-electron chi connectivity index (χ1n) is 6.37. The van der Waals surface area contributed by atoms with Crippen LogP contribution in [0.2, 0.25) is 0 Å². The van der Waals surface area contributed by atoms with Gasteiger partial charge in [-0.1, -0.05) is 6.92 Å². The summed E-state index contributed by atoms with van der Waals surface area (Å²) in [5.41, 5.74) is 5.78. The molecule has 4 heteroatoms. The van der Waals surface area contributed by atoms with Gasteiger partial charge in [0, 0.05) is 25.7 Å². The summed E-state index contributed by atoms with van der Waals surface area (Å²) in [7, 11) is 0. The van der Waals surface area contributed by atoms with Crippen molar-refractivity contribution < 1.29 is 9.84 Å². The Labute approximate surface area is 98.8 Å². The predicted molar refractivity (Wildman–Crippen MR) is 65.3 cm³/mol. The summed E-state index contributed by atoms with van der Waals surface area (Å²) >= 11 is 0. The Morgan fingerprint density at radius 2 is 2.31 bits per heavy atom. The molecule has 3 atom stereocenters. The van der Waals surface area contributed by atoms with Crippen LogP contribution in [-0.2, 0) is 4.74 Å². The molecule has 1 rings (SSSR count). The zero-order chi connectivity index (χ0) is 12.0.